The fraction of sp³-hybridized carbons (Fsp3) is 0.333. The lowest BCUT2D eigenvalue weighted by Crippen LogP contribution is -2.29. The Morgan fingerprint density at radius 1 is 1.31 bits per heavy atom. The van der Waals surface area contributed by atoms with Gasteiger partial charge in [0, 0.05) is 0 Å². The maximum absolute atomic E-state index is 5.53. The molecule has 0 heterocycles. The van der Waals surface area contributed by atoms with Crippen molar-refractivity contribution in [2.75, 3.05) is 14.2 Å². The molecule has 0 amide bonds. The van der Waals surface area contributed by atoms with Gasteiger partial charge in [-0.05, 0) is 19.1 Å². The van der Waals surface area contributed by atoms with Gasteiger partial charge in [0.15, 0.2) is 0 Å². The molecule has 88 valence electrons. The zero-order valence-corrected chi connectivity index (χ0v) is 9.91. The quantitative estimate of drug-likeness (QED) is 0.453. The van der Waals surface area contributed by atoms with E-state index in [9.17, 15) is 0 Å². The van der Waals surface area contributed by atoms with Crippen LogP contribution in [0, 0.1) is 0 Å². The molecule has 0 aromatic heterocycles. The number of benzene rings is 1. The number of nitrogens with one attached hydrogen (secondary N) is 1. The molecule has 1 unspecified atom stereocenters. The van der Waals surface area contributed by atoms with E-state index >= 15 is 0 Å². The van der Waals surface area contributed by atoms with E-state index in [2.05, 4.69) is 12.0 Å². The number of ether oxygens (including phenoxy) is 2. The van der Waals surface area contributed by atoms with Crippen molar-refractivity contribution in [3.63, 3.8) is 0 Å². The highest BCUT2D eigenvalue weighted by Crippen LogP contribution is 2.36. The van der Waals surface area contributed by atoms with Crippen LogP contribution in [0.1, 0.15) is 18.5 Å². The van der Waals surface area contributed by atoms with E-state index in [0.717, 1.165) is 22.6 Å². The van der Waals surface area contributed by atoms with Gasteiger partial charge in [-0.3, -0.25) is 5.84 Å². The number of hydrogen-bond acceptors (Lipinski definition) is 4. The molecule has 1 aromatic rings. The topological polar surface area (TPSA) is 56.5 Å². The third kappa shape index (κ3) is 2.35. The minimum absolute atomic E-state index is 0.189. The third-order valence-corrected chi connectivity index (χ3v) is 2.41. The summed E-state index contributed by atoms with van der Waals surface area (Å²) in [6, 6.07) is 5.41. The molecular weight excluding hydrogens is 204 g/mol. The van der Waals surface area contributed by atoms with Gasteiger partial charge in [-0.2, -0.15) is 0 Å². The highest BCUT2D eigenvalue weighted by molar-refractivity contribution is 5.49. The minimum Gasteiger partial charge on any atom is -0.496 e. The van der Waals surface area contributed by atoms with Crippen molar-refractivity contribution in [3.8, 4) is 11.5 Å². The average molecular weight is 222 g/mol. The first-order chi connectivity index (χ1) is 7.65. The molecule has 0 spiro atoms. The highest BCUT2D eigenvalue weighted by atomic mass is 16.5. The minimum atomic E-state index is -0.189. The van der Waals surface area contributed by atoms with Gasteiger partial charge in [0.2, 0.25) is 0 Å². The molecule has 1 aromatic carbocycles. The predicted molar refractivity (Wildman–Crippen MR) is 64.4 cm³/mol. The summed E-state index contributed by atoms with van der Waals surface area (Å²) in [5.41, 5.74) is 4.46. The number of nitrogens with two attached hydrogens (primary N) is 1. The Hall–Kier alpha value is -1.52. The Bertz CT molecular complexity index is 355. The van der Waals surface area contributed by atoms with Gasteiger partial charge in [-0.15, -0.1) is 0 Å². The molecule has 0 bridgehead atoms. The standard InChI is InChI=1S/C12H18N2O2/c1-8(2)12(14-13)11-9(15-3)6-5-7-10(11)16-4/h5-7,12,14H,1,13H2,2-4H3. The largest absolute Gasteiger partial charge is 0.496 e. The maximum atomic E-state index is 5.53. The van der Waals surface area contributed by atoms with Crippen molar-refractivity contribution >= 4 is 0 Å². The summed E-state index contributed by atoms with van der Waals surface area (Å²) >= 11 is 0. The molecular formula is C12H18N2O2. The van der Waals surface area contributed by atoms with E-state index in [0.29, 0.717) is 0 Å². The normalized spacial score (nSPS) is 12.0. The fourth-order valence-electron chi connectivity index (χ4n) is 1.64. The molecule has 0 aliphatic carbocycles. The Labute approximate surface area is 96.0 Å². The van der Waals surface area contributed by atoms with Crippen LogP contribution in [0.15, 0.2) is 30.4 Å². The van der Waals surface area contributed by atoms with Crippen LogP contribution in [-0.4, -0.2) is 14.2 Å². The second kappa shape index (κ2) is 5.53. The van der Waals surface area contributed by atoms with Crippen molar-refractivity contribution in [1.82, 2.24) is 5.43 Å². The Morgan fingerprint density at radius 3 is 2.12 bits per heavy atom. The van der Waals surface area contributed by atoms with Crippen LogP contribution >= 0.6 is 0 Å². The molecule has 0 fully saturated rings. The van der Waals surface area contributed by atoms with Gasteiger partial charge >= 0.3 is 0 Å². The monoisotopic (exact) mass is 222 g/mol. The SMILES string of the molecule is C=C(C)C(NN)c1c(OC)cccc1OC. The van der Waals surface area contributed by atoms with Crippen LogP contribution < -0.4 is 20.7 Å². The number of hydrogen-bond donors (Lipinski definition) is 2. The summed E-state index contributed by atoms with van der Waals surface area (Å²) in [6.45, 7) is 5.80. The van der Waals surface area contributed by atoms with E-state index in [1.807, 2.05) is 25.1 Å². The van der Waals surface area contributed by atoms with Gasteiger partial charge < -0.3 is 9.47 Å². The van der Waals surface area contributed by atoms with Crippen LogP contribution in [0.4, 0.5) is 0 Å². The van der Waals surface area contributed by atoms with Crippen molar-refractivity contribution in [2.24, 2.45) is 5.84 Å². The van der Waals surface area contributed by atoms with Crippen LogP contribution in [0.2, 0.25) is 0 Å². The fourth-order valence-corrected chi connectivity index (χ4v) is 1.64. The lowest BCUT2D eigenvalue weighted by Gasteiger charge is -2.21. The Balaban J connectivity index is 3.31. The average Bonchev–Trinajstić information content (AvgIpc) is 2.29. The van der Waals surface area contributed by atoms with Crippen molar-refractivity contribution in [1.29, 1.82) is 0 Å². The molecule has 0 radical (unpaired) electrons. The van der Waals surface area contributed by atoms with E-state index in [1.54, 1.807) is 14.2 Å². The van der Waals surface area contributed by atoms with Gasteiger partial charge in [-0.25, -0.2) is 5.43 Å². The van der Waals surface area contributed by atoms with Gasteiger partial charge in [0.25, 0.3) is 0 Å². The van der Waals surface area contributed by atoms with Gasteiger partial charge in [0.1, 0.15) is 11.5 Å². The Morgan fingerprint density at radius 2 is 1.81 bits per heavy atom. The summed E-state index contributed by atoms with van der Waals surface area (Å²) < 4.78 is 10.6. The first-order valence-corrected chi connectivity index (χ1v) is 4.98. The van der Waals surface area contributed by atoms with Gasteiger partial charge in [0.05, 0.1) is 25.8 Å². The summed E-state index contributed by atoms with van der Waals surface area (Å²) in [5.74, 6) is 6.99. The van der Waals surface area contributed by atoms with E-state index in [-0.39, 0.29) is 6.04 Å². The first-order valence-electron chi connectivity index (χ1n) is 4.98. The van der Waals surface area contributed by atoms with Gasteiger partial charge in [-0.1, -0.05) is 18.2 Å². The van der Waals surface area contributed by atoms with Crippen molar-refractivity contribution < 1.29 is 9.47 Å². The van der Waals surface area contributed by atoms with Crippen molar-refractivity contribution in [2.45, 2.75) is 13.0 Å². The molecule has 1 atom stereocenters. The van der Waals surface area contributed by atoms with Crippen LogP contribution in [0.5, 0.6) is 11.5 Å². The smallest absolute Gasteiger partial charge is 0.127 e. The summed E-state index contributed by atoms with van der Waals surface area (Å²) in [4.78, 5) is 0. The number of methoxy groups -OCH3 is 2. The van der Waals surface area contributed by atoms with Crippen LogP contribution in [0.3, 0.4) is 0 Å². The van der Waals surface area contributed by atoms with Crippen LogP contribution in [-0.2, 0) is 0 Å². The number of rotatable bonds is 5. The molecule has 16 heavy (non-hydrogen) atoms. The zero-order valence-electron chi connectivity index (χ0n) is 9.91. The molecule has 3 N–H and O–H groups in total. The first kappa shape index (κ1) is 12.5. The summed E-state index contributed by atoms with van der Waals surface area (Å²) in [5, 5.41) is 0. The molecule has 1 rings (SSSR count). The molecule has 0 aliphatic heterocycles. The lowest BCUT2D eigenvalue weighted by molar-refractivity contribution is 0.376. The van der Waals surface area contributed by atoms with E-state index in [1.165, 1.54) is 0 Å². The molecule has 4 nitrogen and oxygen atoms in total. The lowest BCUT2D eigenvalue weighted by atomic mass is 9.99. The molecule has 0 saturated carbocycles. The molecule has 0 aliphatic rings. The second-order valence-electron chi connectivity index (χ2n) is 3.52. The molecule has 4 heteroatoms. The zero-order chi connectivity index (χ0) is 12.1. The summed E-state index contributed by atoms with van der Waals surface area (Å²) in [7, 11) is 3.23. The van der Waals surface area contributed by atoms with Crippen LogP contribution in [0.25, 0.3) is 0 Å². The maximum Gasteiger partial charge on any atom is 0.127 e. The third-order valence-electron chi connectivity index (χ3n) is 2.41. The predicted octanol–water partition coefficient (Wildman–Crippen LogP) is 1.78. The Kier molecular flexibility index (Phi) is 4.34. The van der Waals surface area contributed by atoms with E-state index < -0.39 is 0 Å². The summed E-state index contributed by atoms with van der Waals surface area (Å²) in [6.07, 6.45) is 0. The van der Waals surface area contributed by atoms with E-state index in [4.69, 9.17) is 15.3 Å². The highest BCUT2D eigenvalue weighted by Gasteiger charge is 2.20. The van der Waals surface area contributed by atoms with Crippen molar-refractivity contribution in [3.05, 3.63) is 35.9 Å². The second-order valence-corrected chi connectivity index (χ2v) is 3.52. The molecule has 0 saturated heterocycles. The number of hydrazine groups is 1.